The van der Waals surface area contributed by atoms with Crippen molar-refractivity contribution in [1.82, 2.24) is 4.31 Å². The first-order chi connectivity index (χ1) is 12.0. The summed E-state index contributed by atoms with van der Waals surface area (Å²) in [5.41, 5.74) is -0.816. The van der Waals surface area contributed by atoms with Crippen LogP contribution in [-0.4, -0.2) is 33.3 Å². The van der Waals surface area contributed by atoms with Gasteiger partial charge in [-0.3, -0.25) is 0 Å². The number of benzene rings is 1. The number of piperidine rings is 1. The van der Waals surface area contributed by atoms with Gasteiger partial charge in [0.2, 0.25) is 0 Å². The van der Waals surface area contributed by atoms with E-state index in [0.29, 0.717) is 25.3 Å². The maximum atomic E-state index is 12.9. The summed E-state index contributed by atoms with van der Waals surface area (Å²) in [6.45, 7) is 4.31. The lowest BCUT2D eigenvalue weighted by atomic mass is 9.87. The highest BCUT2D eigenvalue weighted by Crippen LogP contribution is 2.39. The molecule has 0 amide bonds. The molecule has 2 heterocycles. The Morgan fingerprint density at radius 2 is 2.12 bits per heavy atom. The minimum absolute atomic E-state index is 0.0886. The molecular weight excluding hydrogens is 369 g/mol. The highest BCUT2D eigenvalue weighted by atomic mass is 32.3. The number of rotatable bonds is 3. The summed E-state index contributed by atoms with van der Waals surface area (Å²) in [7, 11) is -4.04. The lowest BCUT2D eigenvalue weighted by molar-refractivity contribution is -0.137. The smallest absolute Gasteiger partial charge is 0.416 e. The van der Waals surface area contributed by atoms with Gasteiger partial charge >= 0.3 is 6.18 Å². The van der Waals surface area contributed by atoms with Crippen LogP contribution < -0.4 is 0 Å². The lowest BCUT2D eigenvalue weighted by Gasteiger charge is -2.38. The van der Waals surface area contributed by atoms with Gasteiger partial charge in [-0.15, -0.1) is 4.31 Å². The topological polar surface area (TPSA) is 65.0 Å². The molecule has 5 nitrogen and oxygen atoms in total. The van der Waals surface area contributed by atoms with Gasteiger partial charge < -0.3 is 9.39 Å². The first-order valence-electron chi connectivity index (χ1n) is 8.46. The van der Waals surface area contributed by atoms with Gasteiger partial charge in [-0.2, -0.15) is 13.2 Å². The van der Waals surface area contributed by atoms with Crippen molar-refractivity contribution in [2.45, 2.75) is 49.8 Å². The van der Waals surface area contributed by atoms with Gasteiger partial charge in [-0.25, -0.2) is 0 Å². The minimum Gasteiger partial charge on any atom is -0.593 e. The van der Waals surface area contributed by atoms with Crippen molar-refractivity contribution in [3.8, 4) is 0 Å². The van der Waals surface area contributed by atoms with E-state index < -0.39 is 27.7 Å². The standard InChI is InChI=1S/C17H21F3N2O3S/c1-12(2)15-10-16(25-21-15)7-4-8-22(11-16)26(23,24)14-6-3-5-13(9-14)17(18,19)20/h3,5-6,9,12H,4,7-8,10-11H2,1-2H3. The zero-order valence-corrected chi connectivity index (χ0v) is 15.4. The molecule has 0 radical (unpaired) electrons. The molecule has 0 bridgehead atoms. The Morgan fingerprint density at radius 1 is 1.38 bits per heavy atom. The Morgan fingerprint density at radius 3 is 2.73 bits per heavy atom. The molecule has 3 rings (SSSR count). The van der Waals surface area contributed by atoms with Crippen LogP contribution in [0.1, 0.15) is 38.7 Å². The van der Waals surface area contributed by atoms with E-state index >= 15 is 0 Å². The summed E-state index contributed by atoms with van der Waals surface area (Å²) < 4.78 is 65.7. The molecule has 2 atom stereocenters. The van der Waals surface area contributed by atoms with Crippen LogP contribution in [0.15, 0.2) is 34.3 Å². The molecule has 9 heteroatoms. The number of hydrogen-bond donors (Lipinski definition) is 0. The third-order valence-electron chi connectivity index (χ3n) is 4.83. The average Bonchev–Trinajstić information content (AvgIpc) is 2.98. The van der Waals surface area contributed by atoms with Crippen LogP contribution in [0.2, 0.25) is 0 Å². The zero-order valence-electron chi connectivity index (χ0n) is 14.6. The molecule has 0 aromatic heterocycles. The molecule has 1 spiro atoms. The van der Waals surface area contributed by atoms with Crippen molar-refractivity contribution < 1.29 is 26.8 Å². The average molecular weight is 390 g/mol. The maximum absolute atomic E-state index is 12.9. The van der Waals surface area contributed by atoms with Gasteiger partial charge in [-0.05, 0) is 30.9 Å². The zero-order chi connectivity index (χ0) is 19.2. The number of alkyl halides is 3. The van der Waals surface area contributed by atoms with Crippen molar-refractivity contribution in [2.24, 2.45) is 11.1 Å². The number of sulfonamides is 1. The normalized spacial score (nSPS) is 26.7. The van der Waals surface area contributed by atoms with Crippen LogP contribution in [0.25, 0.3) is 0 Å². The van der Waals surface area contributed by atoms with Crippen LogP contribution in [0.4, 0.5) is 13.2 Å². The maximum Gasteiger partial charge on any atom is 0.416 e. The van der Waals surface area contributed by atoms with Gasteiger partial charge in [0.05, 0.1) is 17.8 Å². The molecule has 2 aliphatic heterocycles. The van der Waals surface area contributed by atoms with Crippen molar-refractivity contribution in [1.29, 1.82) is 0 Å². The van der Waals surface area contributed by atoms with Crippen LogP contribution >= 0.6 is 0 Å². The van der Waals surface area contributed by atoms with Crippen molar-refractivity contribution in [3.05, 3.63) is 29.8 Å². The first-order valence-corrected chi connectivity index (χ1v) is 9.90. The molecule has 2 unspecified atom stereocenters. The Kier molecular flexibility index (Phi) is 4.91. The Bertz CT molecular complexity index is 766. The number of halogens is 3. The van der Waals surface area contributed by atoms with Gasteiger partial charge in [-0.1, -0.05) is 29.3 Å². The van der Waals surface area contributed by atoms with Crippen molar-refractivity contribution in [3.63, 3.8) is 0 Å². The van der Waals surface area contributed by atoms with Gasteiger partial charge in [0.25, 0.3) is 0 Å². The summed E-state index contributed by atoms with van der Waals surface area (Å²) in [5, 5.41) is 4.09. The van der Waals surface area contributed by atoms with Crippen molar-refractivity contribution >= 4 is 16.1 Å². The van der Waals surface area contributed by atoms with Crippen LogP contribution in [0.5, 0.6) is 0 Å². The second-order valence-corrected chi connectivity index (χ2v) is 9.09. The van der Waals surface area contributed by atoms with E-state index in [9.17, 15) is 21.9 Å². The molecule has 0 N–H and O–H groups in total. The Labute approximate surface area is 151 Å². The molecule has 26 heavy (non-hydrogen) atoms. The number of hydrogen-bond acceptors (Lipinski definition) is 4. The Balaban J connectivity index is 1.83. The molecule has 1 aromatic rings. The van der Waals surface area contributed by atoms with E-state index in [2.05, 4.69) is 5.16 Å². The van der Waals surface area contributed by atoms with Gasteiger partial charge in [0.1, 0.15) is 0 Å². The third kappa shape index (κ3) is 3.65. The summed E-state index contributed by atoms with van der Waals surface area (Å²) in [6, 6.07) is 3.85. The lowest BCUT2D eigenvalue weighted by Crippen LogP contribution is -2.52. The van der Waals surface area contributed by atoms with Crippen LogP contribution in [0.3, 0.4) is 0 Å². The molecule has 0 aliphatic carbocycles. The summed E-state index contributed by atoms with van der Waals surface area (Å²) in [5.74, 6) is 0.199. The SMILES string of the molecule is CC(C)C1=NOC2(CCCN([S+](=O)([O-])c3cccc(C(F)(F)F)c3)C2)C1. The van der Waals surface area contributed by atoms with E-state index in [4.69, 9.17) is 4.84 Å². The fraction of sp³-hybridized carbons (Fsp3) is 0.588. The Hall–Kier alpha value is -1.45. The summed E-state index contributed by atoms with van der Waals surface area (Å²) >= 11 is 0. The predicted octanol–water partition coefficient (Wildman–Crippen LogP) is 3.88. The minimum atomic E-state index is -4.59. The summed E-state index contributed by atoms with van der Waals surface area (Å²) in [6.07, 6.45) is -2.82. The van der Waals surface area contributed by atoms with E-state index in [1.165, 1.54) is 10.4 Å². The van der Waals surface area contributed by atoms with Crippen LogP contribution in [0, 0.1) is 5.92 Å². The van der Waals surface area contributed by atoms with E-state index in [1.807, 2.05) is 13.8 Å². The fourth-order valence-electron chi connectivity index (χ4n) is 3.32. The van der Waals surface area contributed by atoms with E-state index in [0.717, 1.165) is 17.8 Å². The number of oxime groups is 1. The van der Waals surface area contributed by atoms with Crippen LogP contribution in [-0.2, 0) is 25.6 Å². The largest absolute Gasteiger partial charge is 0.593 e. The monoisotopic (exact) mass is 390 g/mol. The molecule has 1 aromatic carbocycles. The van der Waals surface area contributed by atoms with Gasteiger partial charge in [0.15, 0.2) is 20.9 Å². The van der Waals surface area contributed by atoms with E-state index in [1.54, 1.807) is 0 Å². The molecule has 2 aliphatic rings. The first kappa shape index (κ1) is 19.3. The third-order valence-corrected chi connectivity index (χ3v) is 6.67. The second-order valence-electron chi connectivity index (χ2n) is 7.16. The van der Waals surface area contributed by atoms with Crippen molar-refractivity contribution in [2.75, 3.05) is 13.1 Å². The summed E-state index contributed by atoms with van der Waals surface area (Å²) in [4.78, 5) is 5.24. The quantitative estimate of drug-likeness (QED) is 0.736. The highest BCUT2D eigenvalue weighted by molar-refractivity contribution is 7.95. The second kappa shape index (κ2) is 6.61. The molecule has 1 saturated heterocycles. The van der Waals surface area contributed by atoms with Gasteiger partial charge in [0, 0.05) is 19.0 Å². The molecule has 144 valence electrons. The molecular formula is C17H21F3N2O3S. The molecule has 1 fully saturated rings. The highest BCUT2D eigenvalue weighted by Gasteiger charge is 2.48. The fourth-order valence-corrected chi connectivity index (χ4v) is 4.92. The van der Waals surface area contributed by atoms with E-state index in [-0.39, 0.29) is 23.9 Å². The molecule has 0 saturated carbocycles. The predicted molar refractivity (Wildman–Crippen MR) is 90.1 cm³/mol. The number of nitrogens with zero attached hydrogens (tertiary/aromatic N) is 2.